The summed E-state index contributed by atoms with van der Waals surface area (Å²) >= 11 is 1.45. The first-order valence-electron chi connectivity index (χ1n) is 12.4. The van der Waals surface area contributed by atoms with E-state index in [1.54, 1.807) is 0 Å². The van der Waals surface area contributed by atoms with Crippen molar-refractivity contribution in [1.29, 1.82) is 0 Å². The molecule has 2 unspecified atom stereocenters. The lowest BCUT2D eigenvalue weighted by Gasteiger charge is -2.21. The number of aromatic hydroxyl groups is 1. The lowest BCUT2D eigenvalue weighted by molar-refractivity contribution is 0.0948. The number of unbranched alkanes of at least 4 members (excludes halogenated alkanes) is 2. The van der Waals surface area contributed by atoms with Crippen molar-refractivity contribution in [3.05, 3.63) is 33.9 Å². The molecule has 0 bridgehead atoms. The molecule has 0 saturated carbocycles. The highest BCUT2D eigenvalue weighted by atomic mass is 32.1. The second-order valence-corrected chi connectivity index (χ2v) is 10.1. The summed E-state index contributed by atoms with van der Waals surface area (Å²) in [6.45, 7) is 7.89. The van der Waals surface area contributed by atoms with Gasteiger partial charge in [-0.3, -0.25) is 9.36 Å². The van der Waals surface area contributed by atoms with Crippen LogP contribution in [0.2, 0.25) is 0 Å². The number of benzene rings is 1. The smallest absolute Gasteiger partial charge is 0.263 e. The van der Waals surface area contributed by atoms with Crippen molar-refractivity contribution in [1.82, 2.24) is 9.55 Å². The van der Waals surface area contributed by atoms with Crippen LogP contribution in [0.15, 0.2) is 16.9 Å². The van der Waals surface area contributed by atoms with Crippen LogP contribution in [0.1, 0.15) is 89.4 Å². The molecule has 174 valence electrons. The number of aromatic nitrogens is 2. The molecule has 5 nitrogen and oxygen atoms in total. The minimum Gasteiger partial charge on any atom is -0.506 e. The van der Waals surface area contributed by atoms with E-state index in [1.165, 1.54) is 11.3 Å². The highest BCUT2D eigenvalue weighted by molar-refractivity contribution is 7.25. The zero-order chi connectivity index (χ0) is 22.7. The fourth-order valence-electron chi connectivity index (χ4n) is 4.89. The molecule has 2 atom stereocenters. The van der Waals surface area contributed by atoms with Crippen molar-refractivity contribution in [2.45, 2.75) is 97.1 Å². The van der Waals surface area contributed by atoms with Crippen LogP contribution in [0.4, 0.5) is 0 Å². The predicted octanol–water partition coefficient (Wildman–Crippen LogP) is 6.52. The molecule has 1 aliphatic rings. The lowest BCUT2D eigenvalue weighted by Crippen LogP contribution is -2.31. The quantitative estimate of drug-likeness (QED) is 0.377. The van der Waals surface area contributed by atoms with E-state index in [4.69, 9.17) is 9.72 Å². The van der Waals surface area contributed by atoms with Gasteiger partial charge in [0.15, 0.2) is 0 Å². The van der Waals surface area contributed by atoms with E-state index in [1.807, 2.05) is 10.6 Å². The number of fused-ring (bicyclic) bond motifs is 3. The van der Waals surface area contributed by atoms with Gasteiger partial charge in [0, 0.05) is 17.9 Å². The Labute approximate surface area is 194 Å². The summed E-state index contributed by atoms with van der Waals surface area (Å²) in [5, 5.41) is 12.2. The average molecular weight is 457 g/mol. The number of nitrogens with zero attached hydrogens (tertiary/aromatic N) is 2. The fraction of sp³-hybridized carbons (Fsp3) is 0.615. The third-order valence-corrected chi connectivity index (χ3v) is 7.88. The molecule has 0 aliphatic carbocycles. The standard InChI is InChI=1S/C26H36N2O3S/c1-4-7-10-17-14-20-22-25(32-23(20)21(29)15-17)27-24(18(6-3)11-8-5-2)28(26(22)30)16-19-12-9-13-31-19/h14-15,18-19,29H,4-13,16H2,1-3H3. The maximum absolute atomic E-state index is 13.9. The van der Waals surface area contributed by atoms with Gasteiger partial charge in [-0.25, -0.2) is 4.98 Å². The molecule has 1 saturated heterocycles. The second-order valence-electron chi connectivity index (χ2n) is 9.15. The van der Waals surface area contributed by atoms with Gasteiger partial charge in [-0.15, -0.1) is 11.3 Å². The fourth-order valence-corrected chi connectivity index (χ4v) is 5.95. The minimum absolute atomic E-state index is 0.0220. The highest BCUT2D eigenvalue weighted by Crippen LogP contribution is 2.39. The molecular weight excluding hydrogens is 420 g/mol. The van der Waals surface area contributed by atoms with Gasteiger partial charge in [0.1, 0.15) is 16.4 Å². The molecule has 2 aromatic heterocycles. The van der Waals surface area contributed by atoms with E-state index in [2.05, 4.69) is 26.8 Å². The van der Waals surface area contributed by atoms with E-state index < -0.39 is 0 Å². The van der Waals surface area contributed by atoms with Crippen molar-refractivity contribution in [2.24, 2.45) is 0 Å². The minimum atomic E-state index is 0.0220. The molecule has 0 spiro atoms. The van der Waals surface area contributed by atoms with E-state index >= 15 is 0 Å². The number of thiophene rings is 1. The Morgan fingerprint density at radius 1 is 1.25 bits per heavy atom. The Hall–Kier alpha value is -1.92. The molecule has 4 rings (SSSR count). The van der Waals surface area contributed by atoms with Crippen LogP contribution >= 0.6 is 11.3 Å². The molecule has 1 fully saturated rings. The summed E-state index contributed by atoms with van der Waals surface area (Å²) < 4.78 is 8.58. The molecule has 1 aromatic carbocycles. The Balaban J connectivity index is 1.91. The third-order valence-electron chi connectivity index (χ3n) is 6.76. The lowest BCUT2D eigenvalue weighted by atomic mass is 9.97. The van der Waals surface area contributed by atoms with Crippen molar-refractivity contribution >= 4 is 31.6 Å². The highest BCUT2D eigenvalue weighted by Gasteiger charge is 2.25. The van der Waals surface area contributed by atoms with E-state index in [0.717, 1.165) is 90.7 Å². The summed E-state index contributed by atoms with van der Waals surface area (Å²) in [7, 11) is 0. The van der Waals surface area contributed by atoms with Gasteiger partial charge in [-0.05, 0) is 56.2 Å². The van der Waals surface area contributed by atoms with E-state index in [9.17, 15) is 9.90 Å². The monoisotopic (exact) mass is 456 g/mol. The van der Waals surface area contributed by atoms with E-state index in [-0.39, 0.29) is 23.3 Å². The summed E-state index contributed by atoms with van der Waals surface area (Å²) in [5.74, 6) is 1.42. The topological polar surface area (TPSA) is 64.3 Å². The largest absolute Gasteiger partial charge is 0.506 e. The van der Waals surface area contributed by atoms with Crippen LogP contribution in [0.5, 0.6) is 5.75 Å². The number of phenols is 1. The normalized spacial score (nSPS) is 17.5. The van der Waals surface area contributed by atoms with Gasteiger partial charge in [0.05, 0.1) is 22.7 Å². The summed E-state index contributed by atoms with van der Waals surface area (Å²) in [6, 6.07) is 3.95. The Kier molecular flexibility index (Phi) is 7.51. The summed E-state index contributed by atoms with van der Waals surface area (Å²) in [6.07, 6.45) is 9.43. The molecule has 0 amide bonds. The van der Waals surface area contributed by atoms with Crippen molar-refractivity contribution in [2.75, 3.05) is 6.61 Å². The number of rotatable bonds is 10. The van der Waals surface area contributed by atoms with Gasteiger partial charge < -0.3 is 9.84 Å². The van der Waals surface area contributed by atoms with Crippen LogP contribution in [-0.2, 0) is 17.7 Å². The third kappa shape index (κ3) is 4.58. The average Bonchev–Trinajstić information content (AvgIpc) is 3.43. The van der Waals surface area contributed by atoms with Gasteiger partial charge >= 0.3 is 0 Å². The second kappa shape index (κ2) is 10.3. The van der Waals surface area contributed by atoms with Gasteiger partial charge in [-0.2, -0.15) is 0 Å². The molecular formula is C26H36N2O3S. The maximum Gasteiger partial charge on any atom is 0.263 e. The van der Waals surface area contributed by atoms with Crippen LogP contribution < -0.4 is 5.56 Å². The van der Waals surface area contributed by atoms with Crippen molar-refractivity contribution in [3.8, 4) is 5.75 Å². The first kappa shape index (κ1) is 23.2. The number of ether oxygens (including phenoxy) is 1. The summed E-state index contributed by atoms with van der Waals surface area (Å²) in [4.78, 5) is 19.8. The zero-order valence-corrected chi connectivity index (χ0v) is 20.5. The van der Waals surface area contributed by atoms with Gasteiger partial charge in [0.2, 0.25) is 0 Å². The SMILES string of the molecule is CCCCc1cc(O)c2sc3nc(C(CC)CCCC)n(CC4CCCO4)c(=O)c3c2c1. The van der Waals surface area contributed by atoms with Gasteiger partial charge in [-0.1, -0.05) is 40.0 Å². The Bertz CT molecular complexity index is 1130. The molecule has 32 heavy (non-hydrogen) atoms. The summed E-state index contributed by atoms with van der Waals surface area (Å²) in [5.41, 5.74) is 1.11. The number of aryl methyl sites for hydroxylation is 1. The number of hydrogen-bond donors (Lipinski definition) is 1. The van der Waals surface area contributed by atoms with Crippen molar-refractivity contribution < 1.29 is 9.84 Å². The maximum atomic E-state index is 13.9. The predicted molar refractivity (Wildman–Crippen MR) is 133 cm³/mol. The molecule has 3 heterocycles. The van der Waals surface area contributed by atoms with Crippen LogP contribution in [0.25, 0.3) is 20.3 Å². The molecule has 0 radical (unpaired) electrons. The Morgan fingerprint density at radius 2 is 2.06 bits per heavy atom. The number of phenolic OH excluding ortho intramolecular Hbond substituents is 1. The first-order chi connectivity index (χ1) is 15.6. The van der Waals surface area contributed by atoms with Crippen LogP contribution in [-0.4, -0.2) is 27.4 Å². The van der Waals surface area contributed by atoms with Crippen LogP contribution in [0.3, 0.4) is 0 Å². The Morgan fingerprint density at radius 3 is 2.75 bits per heavy atom. The van der Waals surface area contributed by atoms with Crippen molar-refractivity contribution in [3.63, 3.8) is 0 Å². The molecule has 1 aliphatic heterocycles. The zero-order valence-electron chi connectivity index (χ0n) is 19.7. The first-order valence-corrected chi connectivity index (χ1v) is 13.2. The molecule has 3 aromatic rings. The van der Waals surface area contributed by atoms with Gasteiger partial charge in [0.25, 0.3) is 5.56 Å². The van der Waals surface area contributed by atoms with Crippen LogP contribution in [0, 0.1) is 0 Å². The van der Waals surface area contributed by atoms with E-state index in [0.29, 0.717) is 11.9 Å². The number of hydrogen-bond acceptors (Lipinski definition) is 5. The molecule has 1 N–H and O–H groups in total. The molecule has 6 heteroatoms.